The molecule has 2 aliphatic rings. The first-order valence-corrected chi connectivity index (χ1v) is 7.98. The number of carbonyl (C=O) groups excluding carboxylic acids is 1. The van der Waals surface area contributed by atoms with E-state index in [1.807, 2.05) is 4.90 Å². The van der Waals surface area contributed by atoms with Crippen LogP contribution in [0.4, 0.5) is 0 Å². The minimum absolute atomic E-state index is 0.0661. The Hall–Kier alpha value is -1.47. The van der Waals surface area contributed by atoms with Crippen LogP contribution in [0.15, 0.2) is 4.52 Å². The topological polar surface area (TPSA) is 71.7 Å². The highest BCUT2D eigenvalue weighted by molar-refractivity contribution is 5.73. The Morgan fingerprint density at radius 2 is 2.27 bits per heavy atom. The number of hydrogen-bond acceptors (Lipinski definition) is 6. The van der Waals surface area contributed by atoms with Crippen LogP contribution in [0, 0.1) is 0 Å². The van der Waals surface area contributed by atoms with Crippen molar-refractivity contribution in [2.75, 3.05) is 33.4 Å². The molecule has 2 heterocycles. The number of rotatable bonds is 7. The summed E-state index contributed by atoms with van der Waals surface area (Å²) in [6, 6.07) is 0.220. The monoisotopic (exact) mass is 308 g/mol. The maximum absolute atomic E-state index is 12.0. The molecule has 22 heavy (non-hydrogen) atoms. The molecule has 1 aromatic heterocycles. The zero-order chi connectivity index (χ0) is 15.5. The van der Waals surface area contributed by atoms with E-state index < -0.39 is 0 Å². The summed E-state index contributed by atoms with van der Waals surface area (Å²) in [5.41, 5.74) is 0. The first-order chi connectivity index (χ1) is 10.7. The maximum Gasteiger partial charge on any atom is 0.229 e. The molecular weight excluding hydrogens is 284 g/mol. The summed E-state index contributed by atoms with van der Waals surface area (Å²) >= 11 is 0. The van der Waals surface area contributed by atoms with E-state index in [0.717, 1.165) is 51.4 Å². The van der Waals surface area contributed by atoms with Crippen LogP contribution in [0.3, 0.4) is 0 Å². The molecule has 7 heteroatoms. The lowest BCUT2D eigenvalue weighted by Crippen LogP contribution is -2.40. The molecule has 0 spiro atoms. The van der Waals surface area contributed by atoms with Crippen molar-refractivity contribution in [1.82, 2.24) is 19.9 Å². The summed E-state index contributed by atoms with van der Waals surface area (Å²) in [4.78, 5) is 20.6. The van der Waals surface area contributed by atoms with Gasteiger partial charge < -0.3 is 14.2 Å². The molecule has 0 unspecified atom stereocenters. The van der Waals surface area contributed by atoms with Gasteiger partial charge in [0.15, 0.2) is 5.82 Å². The highest BCUT2D eigenvalue weighted by Gasteiger charge is 2.32. The van der Waals surface area contributed by atoms with Gasteiger partial charge in [0.05, 0.1) is 13.2 Å². The molecule has 1 aliphatic carbocycles. The summed E-state index contributed by atoms with van der Waals surface area (Å²) in [5.74, 6) is 1.86. The van der Waals surface area contributed by atoms with Crippen LogP contribution in [0.2, 0.25) is 0 Å². The molecule has 1 aliphatic heterocycles. The van der Waals surface area contributed by atoms with Gasteiger partial charge in [0, 0.05) is 45.6 Å². The summed E-state index contributed by atoms with van der Waals surface area (Å²) in [7, 11) is 1.71. The predicted molar refractivity (Wildman–Crippen MR) is 79.2 cm³/mol. The van der Waals surface area contributed by atoms with E-state index in [0.29, 0.717) is 18.3 Å². The molecule has 2 fully saturated rings. The first kappa shape index (κ1) is 15.4. The zero-order valence-electron chi connectivity index (χ0n) is 13.3. The Labute approximate surface area is 130 Å². The number of ether oxygens (including phenoxy) is 1. The van der Waals surface area contributed by atoms with Crippen LogP contribution < -0.4 is 0 Å². The average molecular weight is 308 g/mol. The molecule has 1 saturated heterocycles. The molecule has 1 atom stereocenters. The van der Waals surface area contributed by atoms with E-state index in [-0.39, 0.29) is 11.9 Å². The van der Waals surface area contributed by atoms with Gasteiger partial charge in [-0.2, -0.15) is 4.98 Å². The fourth-order valence-electron chi connectivity index (χ4n) is 2.97. The SMILES string of the molecule is COCCN1CC[C@@H](N(Cc2noc(C3CC3)n2)C(C)=O)C1. The van der Waals surface area contributed by atoms with Crippen molar-refractivity contribution in [2.24, 2.45) is 0 Å². The van der Waals surface area contributed by atoms with Crippen LogP contribution in [0.1, 0.15) is 43.8 Å². The molecule has 1 amide bonds. The van der Waals surface area contributed by atoms with E-state index >= 15 is 0 Å². The van der Waals surface area contributed by atoms with E-state index in [4.69, 9.17) is 9.26 Å². The summed E-state index contributed by atoms with van der Waals surface area (Å²) < 4.78 is 10.4. The summed E-state index contributed by atoms with van der Waals surface area (Å²) in [6.45, 7) is 5.57. The first-order valence-electron chi connectivity index (χ1n) is 7.98. The van der Waals surface area contributed by atoms with Crippen LogP contribution in [0.25, 0.3) is 0 Å². The molecule has 1 aromatic rings. The lowest BCUT2D eigenvalue weighted by atomic mass is 10.2. The van der Waals surface area contributed by atoms with Crippen molar-refractivity contribution in [1.29, 1.82) is 0 Å². The minimum Gasteiger partial charge on any atom is -0.383 e. The fraction of sp³-hybridized carbons (Fsp3) is 0.800. The molecule has 122 valence electrons. The van der Waals surface area contributed by atoms with Gasteiger partial charge in [-0.15, -0.1) is 0 Å². The van der Waals surface area contributed by atoms with Crippen molar-refractivity contribution < 1.29 is 14.1 Å². The lowest BCUT2D eigenvalue weighted by molar-refractivity contribution is -0.131. The molecule has 1 saturated carbocycles. The molecule has 0 aromatic carbocycles. The molecule has 7 nitrogen and oxygen atoms in total. The highest BCUT2D eigenvalue weighted by atomic mass is 16.5. The summed E-state index contributed by atoms with van der Waals surface area (Å²) in [6.07, 6.45) is 3.25. The van der Waals surface area contributed by atoms with Crippen molar-refractivity contribution in [3.05, 3.63) is 11.7 Å². The quantitative estimate of drug-likeness (QED) is 0.749. The lowest BCUT2D eigenvalue weighted by Gasteiger charge is -2.27. The molecule has 0 radical (unpaired) electrons. The molecular formula is C15H24N4O3. The number of likely N-dealkylation sites (tertiary alicyclic amines) is 1. The third kappa shape index (κ3) is 3.64. The van der Waals surface area contributed by atoms with Crippen LogP contribution in [-0.2, 0) is 16.1 Å². The number of methoxy groups -OCH3 is 1. The Kier molecular flexibility index (Phi) is 4.73. The van der Waals surface area contributed by atoms with Crippen LogP contribution >= 0.6 is 0 Å². The van der Waals surface area contributed by atoms with E-state index in [1.165, 1.54) is 0 Å². The Morgan fingerprint density at radius 3 is 2.95 bits per heavy atom. The Balaban J connectivity index is 1.58. The highest BCUT2D eigenvalue weighted by Crippen LogP contribution is 2.38. The van der Waals surface area contributed by atoms with Gasteiger partial charge in [0.2, 0.25) is 11.8 Å². The van der Waals surface area contributed by atoms with Gasteiger partial charge in [-0.3, -0.25) is 9.69 Å². The van der Waals surface area contributed by atoms with Crippen LogP contribution in [-0.4, -0.2) is 65.2 Å². The normalized spacial score (nSPS) is 22.2. The van der Waals surface area contributed by atoms with E-state index in [9.17, 15) is 4.79 Å². The van der Waals surface area contributed by atoms with E-state index in [1.54, 1.807) is 14.0 Å². The van der Waals surface area contributed by atoms with Gasteiger partial charge in [-0.05, 0) is 19.3 Å². The molecule has 0 bridgehead atoms. The standard InChI is InChI=1S/C15H24N4O3/c1-11(20)19(13-5-6-18(9-13)7-8-21-2)10-14-16-15(22-17-14)12-3-4-12/h12-13H,3-10H2,1-2H3/t13-/m1/s1. The van der Waals surface area contributed by atoms with Gasteiger partial charge in [-0.25, -0.2) is 0 Å². The maximum atomic E-state index is 12.0. The number of hydrogen-bond donors (Lipinski definition) is 0. The Bertz CT molecular complexity index is 515. The Morgan fingerprint density at radius 1 is 1.45 bits per heavy atom. The number of aromatic nitrogens is 2. The predicted octanol–water partition coefficient (Wildman–Crippen LogP) is 1.02. The second kappa shape index (κ2) is 6.75. The zero-order valence-corrected chi connectivity index (χ0v) is 13.3. The summed E-state index contributed by atoms with van der Waals surface area (Å²) in [5, 5.41) is 4.03. The largest absolute Gasteiger partial charge is 0.383 e. The van der Waals surface area contributed by atoms with Gasteiger partial charge in [-0.1, -0.05) is 5.16 Å². The number of amides is 1. The third-order valence-electron chi connectivity index (χ3n) is 4.43. The van der Waals surface area contributed by atoms with Gasteiger partial charge >= 0.3 is 0 Å². The van der Waals surface area contributed by atoms with Crippen molar-refractivity contribution in [2.45, 2.75) is 44.7 Å². The fourth-order valence-corrected chi connectivity index (χ4v) is 2.97. The smallest absolute Gasteiger partial charge is 0.229 e. The van der Waals surface area contributed by atoms with Gasteiger partial charge in [0.25, 0.3) is 0 Å². The minimum atomic E-state index is 0.0661. The van der Waals surface area contributed by atoms with E-state index in [2.05, 4.69) is 15.0 Å². The third-order valence-corrected chi connectivity index (χ3v) is 4.43. The van der Waals surface area contributed by atoms with Crippen molar-refractivity contribution >= 4 is 5.91 Å². The van der Waals surface area contributed by atoms with Gasteiger partial charge in [0.1, 0.15) is 0 Å². The second-order valence-electron chi connectivity index (χ2n) is 6.21. The number of nitrogens with zero attached hydrogens (tertiary/aromatic N) is 4. The average Bonchev–Trinajstić information content (AvgIpc) is 3.07. The second-order valence-corrected chi connectivity index (χ2v) is 6.21. The molecule has 0 N–H and O–H groups in total. The van der Waals surface area contributed by atoms with Crippen molar-refractivity contribution in [3.63, 3.8) is 0 Å². The molecule has 3 rings (SSSR count). The van der Waals surface area contributed by atoms with Crippen molar-refractivity contribution in [3.8, 4) is 0 Å². The number of carbonyl (C=O) groups is 1. The van der Waals surface area contributed by atoms with Crippen LogP contribution in [0.5, 0.6) is 0 Å².